The van der Waals surface area contributed by atoms with Crippen LogP contribution in [0, 0.1) is 0 Å². The SMILES string of the molecule is O=C(O)/C=C/NC1CCOc2ccccc21. The lowest BCUT2D eigenvalue weighted by molar-refractivity contribution is -0.131. The van der Waals surface area contributed by atoms with Crippen LogP contribution in [0.4, 0.5) is 0 Å². The normalized spacial score (nSPS) is 18.9. The van der Waals surface area contributed by atoms with Crippen LogP contribution in [0.1, 0.15) is 18.0 Å². The zero-order valence-corrected chi connectivity index (χ0v) is 8.72. The largest absolute Gasteiger partial charge is 0.493 e. The lowest BCUT2D eigenvalue weighted by atomic mass is 10.0. The lowest BCUT2D eigenvalue weighted by Crippen LogP contribution is -2.23. The summed E-state index contributed by atoms with van der Waals surface area (Å²) in [4.78, 5) is 10.3. The monoisotopic (exact) mass is 219 g/mol. The van der Waals surface area contributed by atoms with Gasteiger partial charge in [-0.05, 0) is 6.07 Å². The molecule has 0 aromatic heterocycles. The van der Waals surface area contributed by atoms with Gasteiger partial charge in [0.2, 0.25) is 0 Å². The molecule has 84 valence electrons. The Labute approximate surface area is 93.5 Å². The molecule has 0 saturated heterocycles. The Kier molecular flexibility index (Phi) is 3.10. The molecule has 0 radical (unpaired) electrons. The van der Waals surface area contributed by atoms with Crippen molar-refractivity contribution in [2.75, 3.05) is 6.61 Å². The fourth-order valence-electron chi connectivity index (χ4n) is 1.75. The van der Waals surface area contributed by atoms with Gasteiger partial charge >= 0.3 is 5.97 Å². The van der Waals surface area contributed by atoms with Crippen molar-refractivity contribution in [1.82, 2.24) is 5.32 Å². The second-order valence-corrected chi connectivity index (χ2v) is 3.57. The first-order valence-corrected chi connectivity index (χ1v) is 5.14. The van der Waals surface area contributed by atoms with Gasteiger partial charge in [-0.1, -0.05) is 18.2 Å². The van der Waals surface area contributed by atoms with E-state index in [1.54, 1.807) is 0 Å². The van der Waals surface area contributed by atoms with Crippen molar-refractivity contribution < 1.29 is 14.6 Å². The number of para-hydroxylation sites is 1. The van der Waals surface area contributed by atoms with Gasteiger partial charge in [-0.15, -0.1) is 0 Å². The van der Waals surface area contributed by atoms with Crippen LogP contribution < -0.4 is 10.1 Å². The number of carbonyl (C=O) groups is 1. The second-order valence-electron chi connectivity index (χ2n) is 3.57. The number of ether oxygens (including phenoxy) is 1. The summed E-state index contributed by atoms with van der Waals surface area (Å²) in [5.74, 6) is -0.0807. The smallest absolute Gasteiger partial charge is 0.329 e. The molecular weight excluding hydrogens is 206 g/mol. The summed E-state index contributed by atoms with van der Waals surface area (Å²) < 4.78 is 5.50. The van der Waals surface area contributed by atoms with Crippen LogP contribution >= 0.6 is 0 Å². The second kappa shape index (κ2) is 4.70. The highest BCUT2D eigenvalue weighted by molar-refractivity contribution is 5.79. The Balaban J connectivity index is 2.10. The summed E-state index contributed by atoms with van der Waals surface area (Å²) in [6.07, 6.45) is 3.40. The molecule has 1 aromatic carbocycles. The highest BCUT2D eigenvalue weighted by atomic mass is 16.5. The van der Waals surface area contributed by atoms with Crippen LogP contribution in [0.15, 0.2) is 36.5 Å². The van der Waals surface area contributed by atoms with Crippen LogP contribution in [0.5, 0.6) is 5.75 Å². The van der Waals surface area contributed by atoms with Gasteiger partial charge in [-0.25, -0.2) is 4.79 Å². The first kappa shape index (κ1) is 10.5. The summed E-state index contributed by atoms with van der Waals surface area (Å²) in [5.41, 5.74) is 1.07. The molecule has 1 aliphatic heterocycles. The maximum absolute atomic E-state index is 10.3. The predicted molar refractivity (Wildman–Crippen MR) is 59.2 cm³/mol. The number of nitrogens with one attached hydrogen (secondary N) is 1. The van der Waals surface area contributed by atoms with Crippen molar-refractivity contribution in [3.05, 3.63) is 42.1 Å². The van der Waals surface area contributed by atoms with Crippen LogP contribution in [-0.4, -0.2) is 17.7 Å². The molecule has 0 amide bonds. The number of carboxylic acids is 1. The zero-order valence-electron chi connectivity index (χ0n) is 8.72. The summed E-state index contributed by atoms with van der Waals surface area (Å²) in [6.45, 7) is 0.648. The van der Waals surface area contributed by atoms with Gasteiger partial charge in [0.25, 0.3) is 0 Å². The third-order valence-corrected chi connectivity index (χ3v) is 2.48. The maximum atomic E-state index is 10.3. The molecule has 4 heteroatoms. The molecule has 2 N–H and O–H groups in total. The first-order chi connectivity index (χ1) is 7.77. The minimum Gasteiger partial charge on any atom is -0.493 e. The molecule has 0 bridgehead atoms. The van der Waals surface area contributed by atoms with Gasteiger partial charge in [0.15, 0.2) is 0 Å². The van der Waals surface area contributed by atoms with Crippen LogP contribution in [0.3, 0.4) is 0 Å². The van der Waals surface area contributed by atoms with Crippen molar-refractivity contribution in [2.24, 2.45) is 0 Å². The van der Waals surface area contributed by atoms with Gasteiger partial charge in [0, 0.05) is 24.3 Å². The molecule has 1 heterocycles. The molecule has 2 rings (SSSR count). The molecule has 0 spiro atoms. The van der Waals surface area contributed by atoms with E-state index in [0.717, 1.165) is 23.8 Å². The van der Waals surface area contributed by atoms with Gasteiger partial charge < -0.3 is 15.2 Å². The fourth-order valence-corrected chi connectivity index (χ4v) is 1.75. The van der Waals surface area contributed by atoms with Crippen molar-refractivity contribution in [3.63, 3.8) is 0 Å². The number of carboxylic acid groups (broad SMARTS) is 1. The van der Waals surface area contributed by atoms with E-state index in [2.05, 4.69) is 5.32 Å². The maximum Gasteiger partial charge on any atom is 0.329 e. The molecule has 1 atom stereocenters. The Morgan fingerprint density at radius 3 is 3.12 bits per heavy atom. The van der Waals surface area contributed by atoms with E-state index in [9.17, 15) is 4.79 Å². The van der Waals surface area contributed by atoms with Crippen LogP contribution in [0.2, 0.25) is 0 Å². The molecule has 1 unspecified atom stereocenters. The van der Waals surface area contributed by atoms with Crippen LogP contribution in [0.25, 0.3) is 0 Å². The van der Waals surface area contributed by atoms with Gasteiger partial charge in [0.05, 0.1) is 12.6 Å². The molecule has 0 fully saturated rings. The van der Waals surface area contributed by atoms with E-state index in [4.69, 9.17) is 9.84 Å². The lowest BCUT2D eigenvalue weighted by Gasteiger charge is -2.25. The number of rotatable bonds is 3. The average molecular weight is 219 g/mol. The molecular formula is C12H13NO3. The Morgan fingerprint density at radius 1 is 1.50 bits per heavy atom. The molecule has 0 saturated carbocycles. The number of benzene rings is 1. The van der Waals surface area contributed by atoms with Crippen molar-refractivity contribution in [1.29, 1.82) is 0 Å². The van der Waals surface area contributed by atoms with E-state index in [0.29, 0.717) is 6.61 Å². The molecule has 16 heavy (non-hydrogen) atoms. The highest BCUT2D eigenvalue weighted by Gasteiger charge is 2.19. The van der Waals surface area contributed by atoms with E-state index in [1.807, 2.05) is 24.3 Å². The molecule has 1 aliphatic rings. The molecule has 1 aromatic rings. The van der Waals surface area contributed by atoms with Crippen molar-refractivity contribution >= 4 is 5.97 Å². The minimum atomic E-state index is -0.951. The van der Waals surface area contributed by atoms with Gasteiger partial charge in [0.1, 0.15) is 5.75 Å². The summed E-state index contributed by atoms with van der Waals surface area (Å²) in [6, 6.07) is 7.91. The van der Waals surface area contributed by atoms with Crippen molar-refractivity contribution in [3.8, 4) is 5.75 Å². The topological polar surface area (TPSA) is 58.6 Å². The van der Waals surface area contributed by atoms with Crippen LogP contribution in [-0.2, 0) is 4.79 Å². The first-order valence-electron chi connectivity index (χ1n) is 5.14. The van der Waals surface area contributed by atoms with E-state index >= 15 is 0 Å². The van der Waals surface area contributed by atoms with E-state index in [1.165, 1.54) is 6.20 Å². The Hall–Kier alpha value is -1.97. The Bertz CT molecular complexity index is 414. The number of hydrogen-bond donors (Lipinski definition) is 2. The van der Waals surface area contributed by atoms with Crippen molar-refractivity contribution in [2.45, 2.75) is 12.5 Å². The predicted octanol–water partition coefficient (Wildman–Crippen LogP) is 1.70. The third kappa shape index (κ3) is 2.34. The van der Waals surface area contributed by atoms with Gasteiger partial charge in [-0.3, -0.25) is 0 Å². The quantitative estimate of drug-likeness (QED) is 0.760. The summed E-state index contributed by atoms with van der Waals surface area (Å²) in [7, 11) is 0. The summed E-state index contributed by atoms with van der Waals surface area (Å²) in [5, 5.41) is 11.6. The third-order valence-electron chi connectivity index (χ3n) is 2.48. The van der Waals surface area contributed by atoms with E-state index < -0.39 is 5.97 Å². The Morgan fingerprint density at radius 2 is 2.31 bits per heavy atom. The highest BCUT2D eigenvalue weighted by Crippen LogP contribution is 2.31. The standard InChI is InChI=1S/C12H13NO3/c14-12(15)5-7-13-10-6-8-16-11-4-2-1-3-9(10)11/h1-5,7,10,13H,6,8H2,(H,14,15)/b7-5+. The molecule has 4 nitrogen and oxygen atoms in total. The molecule has 0 aliphatic carbocycles. The fraction of sp³-hybridized carbons (Fsp3) is 0.250. The average Bonchev–Trinajstić information content (AvgIpc) is 2.29. The van der Waals surface area contributed by atoms with E-state index in [-0.39, 0.29) is 6.04 Å². The zero-order chi connectivity index (χ0) is 11.4. The van der Waals surface area contributed by atoms with Gasteiger partial charge in [-0.2, -0.15) is 0 Å². The minimum absolute atomic E-state index is 0.126. The number of hydrogen-bond acceptors (Lipinski definition) is 3. The summed E-state index contributed by atoms with van der Waals surface area (Å²) >= 11 is 0. The number of aliphatic carboxylic acids is 1. The number of fused-ring (bicyclic) bond motifs is 1.